The summed E-state index contributed by atoms with van der Waals surface area (Å²) >= 11 is 1.56. The first kappa shape index (κ1) is 18.6. The zero-order valence-corrected chi connectivity index (χ0v) is 17.5. The maximum atomic E-state index is 11.8. The number of hydrogen-bond acceptors (Lipinski definition) is 4. The molecule has 0 unspecified atom stereocenters. The zero-order valence-electron chi connectivity index (χ0n) is 16.7. The number of H-pyrrole nitrogens is 2. The molecule has 7 heteroatoms. The van der Waals surface area contributed by atoms with Crippen molar-refractivity contribution in [2.45, 2.75) is 26.2 Å². The Balaban J connectivity index is 1.64. The molecule has 30 heavy (non-hydrogen) atoms. The van der Waals surface area contributed by atoms with Gasteiger partial charge in [0.1, 0.15) is 5.69 Å². The summed E-state index contributed by atoms with van der Waals surface area (Å²) in [5, 5.41) is 10.5. The van der Waals surface area contributed by atoms with E-state index in [1.165, 1.54) is 5.39 Å². The molecule has 5 aromatic rings. The largest absolute Gasteiger partial charge is 0.364 e. The molecule has 0 aliphatic heterocycles. The van der Waals surface area contributed by atoms with Crippen LogP contribution in [0.15, 0.2) is 48.8 Å². The molecule has 0 spiro atoms. The number of amides is 1. The van der Waals surface area contributed by atoms with Crippen molar-refractivity contribution in [3.63, 3.8) is 0 Å². The van der Waals surface area contributed by atoms with E-state index in [1.807, 2.05) is 12.4 Å². The van der Waals surface area contributed by atoms with Crippen LogP contribution in [-0.4, -0.2) is 26.1 Å². The lowest BCUT2D eigenvalue weighted by Crippen LogP contribution is -2.14. The molecule has 0 aliphatic carbocycles. The van der Waals surface area contributed by atoms with E-state index in [9.17, 15) is 4.79 Å². The van der Waals surface area contributed by atoms with Crippen LogP contribution in [0.25, 0.3) is 32.9 Å². The van der Waals surface area contributed by atoms with Gasteiger partial charge in [-0.2, -0.15) is 5.10 Å². The fourth-order valence-corrected chi connectivity index (χ4v) is 5.04. The third-order valence-electron chi connectivity index (χ3n) is 5.35. The van der Waals surface area contributed by atoms with Crippen LogP contribution in [0.4, 0.5) is 0 Å². The van der Waals surface area contributed by atoms with E-state index < -0.39 is 5.91 Å². The van der Waals surface area contributed by atoms with Crippen LogP contribution in [0.1, 0.15) is 45.7 Å². The van der Waals surface area contributed by atoms with Crippen LogP contribution in [0.2, 0.25) is 0 Å². The number of benzene rings is 2. The van der Waals surface area contributed by atoms with Crippen molar-refractivity contribution >= 4 is 39.0 Å². The summed E-state index contributed by atoms with van der Waals surface area (Å²) < 4.78 is 0. The van der Waals surface area contributed by atoms with Crippen LogP contribution in [0, 0.1) is 0 Å². The first-order valence-corrected chi connectivity index (χ1v) is 10.6. The minimum atomic E-state index is -0.470. The Bertz CT molecular complexity index is 1390. The van der Waals surface area contributed by atoms with Crippen molar-refractivity contribution in [2.75, 3.05) is 0 Å². The number of thiazole rings is 1. The number of nitrogens with zero attached hydrogens (tertiary/aromatic N) is 2. The molecule has 0 atom stereocenters. The smallest absolute Gasteiger partial charge is 0.268 e. The van der Waals surface area contributed by atoms with Crippen molar-refractivity contribution in [1.82, 2.24) is 20.2 Å². The summed E-state index contributed by atoms with van der Waals surface area (Å²) in [4.78, 5) is 20.6. The molecule has 5 rings (SSSR count). The van der Waals surface area contributed by atoms with E-state index in [-0.39, 0.29) is 5.92 Å². The van der Waals surface area contributed by atoms with Gasteiger partial charge in [-0.05, 0) is 46.9 Å². The minimum Gasteiger partial charge on any atom is -0.364 e. The van der Waals surface area contributed by atoms with E-state index >= 15 is 0 Å². The molecule has 3 aromatic heterocycles. The predicted molar refractivity (Wildman–Crippen MR) is 121 cm³/mol. The SMILES string of the molecule is CC(C)c1sc(Cc2cc(-c3cccc4[nH]ccc34)cc3[nH]ncc23)nc1C(N)=O. The fraction of sp³-hybridized carbons (Fsp3) is 0.174. The van der Waals surface area contributed by atoms with Crippen LogP contribution in [0.3, 0.4) is 0 Å². The van der Waals surface area contributed by atoms with Crippen LogP contribution in [0.5, 0.6) is 0 Å². The molecule has 0 bridgehead atoms. The molecule has 6 nitrogen and oxygen atoms in total. The van der Waals surface area contributed by atoms with E-state index in [1.54, 1.807) is 11.3 Å². The molecular formula is C23H21N5OS. The van der Waals surface area contributed by atoms with Crippen molar-refractivity contribution < 1.29 is 4.79 Å². The number of nitrogens with two attached hydrogens (primary N) is 1. The lowest BCUT2D eigenvalue weighted by atomic mass is 9.96. The van der Waals surface area contributed by atoms with E-state index in [2.05, 4.69) is 70.4 Å². The summed E-state index contributed by atoms with van der Waals surface area (Å²) in [6.07, 6.45) is 4.42. The summed E-state index contributed by atoms with van der Waals surface area (Å²) in [7, 11) is 0. The van der Waals surface area contributed by atoms with Gasteiger partial charge in [0, 0.05) is 33.8 Å². The highest BCUT2D eigenvalue weighted by molar-refractivity contribution is 7.12. The van der Waals surface area contributed by atoms with Crippen LogP contribution in [-0.2, 0) is 6.42 Å². The molecule has 0 fully saturated rings. The Hall–Kier alpha value is -3.45. The molecule has 0 radical (unpaired) electrons. The standard InChI is InChI=1S/C23H21N5OS/c1-12(2)22-21(23(24)29)27-20(30-22)10-14-8-13(9-19-17(14)11-26-28-19)15-4-3-5-18-16(15)6-7-25-18/h3-9,11-12,25H,10H2,1-2H3,(H2,24,29)(H,26,28). The summed E-state index contributed by atoms with van der Waals surface area (Å²) in [5.41, 5.74) is 11.4. The monoisotopic (exact) mass is 415 g/mol. The van der Waals surface area contributed by atoms with Gasteiger partial charge >= 0.3 is 0 Å². The third-order valence-corrected chi connectivity index (χ3v) is 6.70. The molecule has 1 amide bonds. The molecular weight excluding hydrogens is 394 g/mol. The molecule has 2 aromatic carbocycles. The van der Waals surface area contributed by atoms with Gasteiger partial charge in [-0.15, -0.1) is 11.3 Å². The van der Waals surface area contributed by atoms with Gasteiger partial charge in [0.2, 0.25) is 0 Å². The minimum absolute atomic E-state index is 0.199. The van der Waals surface area contributed by atoms with E-state index in [4.69, 9.17) is 5.73 Å². The number of aromatic amines is 2. The van der Waals surface area contributed by atoms with Gasteiger partial charge in [0.15, 0.2) is 0 Å². The van der Waals surface area contributed by atoms with Gasteiger partial charge in [-0.25, -0.2) is 4.98 Å². The number of primary amides is 1. The zero-order chi connectivity index (χ0) is 20.8. The highest BCUT2D eigenvalue weighted by Crippen LogP contribution is 2.34. The second kappa shape index (κ2) is 7.11. The second-order valence-electron chi connectivity index (χ2n) is 7.73. The maximum Gasteiger partial charge on any atom is 0.268 e. The Morgan fingerprint density at radius 2 is 2.03 bits per heavy atom. The number of nitrogens with one attached hydrogen (secondary N) is 2. The van der Waals surface area contributed by atoms with Crippen LogP contribution < -0.4 is 5.73 Å². The van der Waals surface area contributed by atoms with E-state index in [0.29, 0.717) is 12.1 Å². The lowest BCUT2D eigenvalue weighted by molar-refractivity contribution is 0.0995. The number of carbonyl (C=O) groups excluding carboxylic acids is 1. The fourth-order valence-electron chi connectivity index (χ4n) is 3.95. The summed E-state index contributed by atoms with van der Waals surface area (Å²) in [6.45, 7) is 4.10. The number of fused-ring (bicyclic) bond motifs is 2. The highest BCUT2D eigenvalue weighted by atomic mass is 32.1. The number of carbonyl (C=O) groups is 1. The van der Waals surface area contributed by atoms with Crippen molar-refractivity contribution in [3.8, 4) is 11.1 Å². The Morgan fingerprint density at radius 1 is 1.17 bits per heavy atom. The normalized spacial score (nSPS) is 11.7. The van der Waals surface area contributed by atoms with E-state index in [0.717, 1.165) is 43.0 Å². The first-order chi connectivity index (χ1) is 14.5. The molecule has 0 aliphatic rings. The number of hydrogen-bond donors (Lipinski definition) is 3. The topological polar surface area (TPSA) is 100 Å². The van der Waals surface area contributed by atoms with Gasteiger partial charge in [-0.1, -0.05) is 26.0 Å². The molecule has 3 heterocycles. The average molecular weight is 416 g/mol. The second-order valence-corrected chi connectivity index (χ2v) is 8.84. The quantitative estimate of drug-likeness (QED) is 0.377. The highest BCUT2D eigenvalue weighted by Gasteiger charge is 2.19. The van der Waals surface area contributed by atoms with Crippen molar-refractivity contribution in [2.24, 2.45) is 5.73 Å². The van der Waals surface area contributed by atoms with Crippen molar-refractivity contribution in [1.29, 1.82) is 0 Å². The predicted octanol–water partition coefficient (Wildman–Crippen LogP) is 4.98. The Labute approximate surface area is 177 Å². The summed E-state index contributed by atoms with van der Waals surface area (Å²) in [5.74, 6) is -0.271. The van der Waals surface area contributed by atoms with Gasteiger partial charge in [0.05, 0.1) is 16.7 Å². The number of rotatable bonds is 5. The van der Waals surface area contributed by atoms with Gasteiger partial charge < -0.3 is 10.7 Å². The van der Waals surface area contributed by atoms with Gasteiger partial charge in [0.25, 0.3) is 5.91 Å². The lowest BCUT2D eigenvalue weighted by Gasteiger charge is -2.08. The molecule has 0 saturated carbocycles. The average Bonchev–Trinajstić information content (AvgIpc) is 3.46. The molecule has 4 N–H and O–H groups in total. The maximum absolute atomic E-state index is 11.8. The first-order valence-electron chi connectivity index (χ1n) is 9.83. The third kappa shape index (κ3) is 3.07. The molecule has 0 saturated heterocycles. The van der Waals surface area contributed by atoms with Crippen LogP contribution >= 0.6 is 11.3 Å². The van der Waals surface area contributed by atoms with Gasteiger partial charge in [-0.3, -0.25) is 9.89 Å². The van der Waals surface area contributed by atoms with Crippen molar-refractivity contribution in [3.05, 3.63) is 69.9 Å². The molecule has 150 valence electrons. The number of aromatic nitrogens is 4. The Kier molecular flexibility index (Phi) is 4.40. The Morgan fingerprint density at radius 3 is 2.80 bits per heavy atom. The summed E-state index contributed by atoms with van der Waals surface area (Å²) in [6, 6.07) is 12.7.